The SMILES string of the molecule is CCCC(CCC)C(=O)Nc1ccn([C@@H]2[OH+][C@H](C[OH2+])[C@@H](O)C2(F)F)c(=O)n1. The quantitative estimate of drug-likeness (QED) is 0.628. The van der Waals surface area contributed by atoms with Crippen LogP contribution in [0.4, 0.5) is 14.6 Å². The zero-order valence-electron chi connectivity index (χ0n) is 15.4. The van der Waals surface area contributed by atoms with E-state index in [1.807, 2.05) is 13.8 Å². The number of halogens is 2. The Labute approximate surface area is 155 Å². The molecule has 0 radical (unpaired) electrons. The van der Waals surface area contributed by atoms with Gasteiger partial charge >= 0.3 is 17.8 Å². The van der Waals surface area contributed by atoms with Gasteiger partial charge in [0.15, 0.2) is 0 Å². The number of aromatic nitrogens is 2. The van der Waals surface area contributed by atoms with Gasteiger partial charge in [-0.2, -0.15) is 13.8 Å². The molecule has 2 heterocycles. The first-order valence-corrected chi connectivity index (χ1v) is 9.06. The van der Waals surface area contributed by atoms with Gasteiger partial charge in [0.1, 0.15) is 5.82 Å². The molecule has 1 fully saturated rings. The van der Waals surface area contributed by atoms with Crippen LogP contribution in [0, 0.1) is 5.92 Å². The van der Waals surface area contributed by atoms with Crippen LogP contribution in [0.15, 0.2) is 17.1 Å². The van der Waals surface area contributed by atoms with Crippen LogP contribution >= 0.6 is 0 Å². The summed E-state index contributed by atoms with van der Waals surface area (Å²) in [6.45, 7) is 3.43. The van der Waals surface area contributed by atoms with Gasteiger partial charge in [-0.15, -0.1) is 0 Å². The molecule has 1 aliphatic heterocycles. The van der Waals surface area contributed by atoms with Crippen molar-refractivity contribution in [3.05, 3.63) is 22.7 Å². The highest BCUT2D eigenvalue weighted by atomic mass is 19.3. The number of carbonyl (C=O) groups is 1. The van der Waals surface area contributed by atoms with Gasteiger partial charge in [0.25, 0.3) is 6.10 Å². The minimum Gasteiger partial charge on any atom is -0.439 e. The number of alkyl halides is 2. The second-order valence-corrected chi connectivity index (χ2v) is 6.68. The van der Waals surface area contributed by atoms with Crippen molar-refractivity contribution in [2.75, 3.05) is 11.9 Å². The summed E-state index contributed by atoms with van der Waals surface area (Å²) in [6, 6.07) is 1.25. The van der Waals surface area contributed by atoms with E-state index in [2.05, 4.69) is 15.0 Å². The Morgan fingerprint density at radius 3 is 2.56 bits per heavy atom. The maximum Gasteiger partial charge on any atom is 0.371 e. The summed E-state index contributed by atoms with van der Waals surface area (Å²) in [5.41, 5.74) is -1.01. The van der Waals surface area contributed by atoms with Gasteiger partial charge in [0.05, 0.1) is 0 Å². The lowest BCUT2D eigenvalue weighted by Gasteiger charge is -2.17. The van der Waals surface area contributed by atoms with Crippen LogP contribution in [0.25, 0.3) is 0 Å². The molecular formula is C17H27F2N3O5+2. The minimum absolute atomic E-state index is 0.0163. The summed E-state index contributed by atoms with van der Waals surface area (Å²) in [7, 11) is 0. The molecule has 1 amide bonds. The standard InChI is InChI=1S/C17H25F2N3O5/c1-3-5-10(6-4-2)14(25)20-12-7-8-22(16(26)21-12)15-17(18,19)13(24)11(9-23)27-15/h7-8,10-11,13,15,23-24H,3-6,9H2,1-2H3,(H,20,21,25,26)/p+2/t11-,13-,15-/m1/s1. The van der Waals surface area contributed by atoms with Crippen LogP contribution in [-0.4, -0.2) is 55.1 Å². The van der Waals surface area contributed by atoms with Crippen molar-refractivity contribution in [1.29, 1.82) is 0 Å². The minimum atomic E-state index is -3.69. The van der Waals surface area contributed by atoms with Crippen LogP contribution in [0.1, 0.15) is 45.8 Å². The topological polar surface area (TPSA) is 120 Å². The van der Waals surface area contributed by atoms with E-state index in [9.17, 15) is 23.5 Å². The molecule has 1 saturated heterocycles. The summed E-state index contributed by atoms with van der Waals surface area (Å²) < 4.78 is 32.7. The summed E-state index contributed by atoms with van der Waals surface area (Å²) >= 11 is 0. The third kappa shape index (κ3) is 4.50. The van der Waals surface area contributed by atoms with Crippen molar-refractivity contribution in [2.45, 2.75) is 63.9 Å². The van der Waals surface area contributed by atoms with Crippen LogP contribution in [0.5, 0.6) is 0 Å². The van der Waals surface area contributed by atoms with Crippen LogP contribution in [0.3, 0.4) is 0 Å². The number of hydrogen-bond acceptors (Lipinski definition) is 4. The second-order valence-electron chi connectivity index (χ2n) is 6.68. The molecule has 0 aromatic carbocycles. The fourth-order valence-corrected chi connectivity index (χ4v) is 3.19. The number of nitrogens with zero attached hydrogens (tertiary/aromatic N) is 2. The first-order chi connectivity index (χ1) is 12.8. The van der Waals surface area contributed by atoms with E-state index in [0.717, 1.165) is 19.0 Å². The van der Waals surface area contributed by atoms with Crippen molar-refractivity contribution in [2.24, 2.45) is 5.92 Å². The van der Waals surface area contributed by atoms with Gasteiger partial charge in [-0.3, -0.25) is 4.79 Å². The molecule has 0 aliphatic carbocycles. The van der Waals surface area contributed by atoms with Crippen LogP contribution in [-0.2, 0) is 4.79 Å². The molecule has 0 unspecified atom stereocenters. The van der Waals surface area contributed by atoms with E-state index in [1.165, 1.54) is 6.07 Å². The number of nitrogens with one attached hydrogen (secondary N) is 1. The Morgan fingerprint density at radius 2 is 2.07 bits per heavy atom. The van der Waals surface area contributed by atoms with E-state index >= 15 is 0 Å². The number of aliphatic hydroxyl groups excluding tert-OH is 1. The van der Waals surface area contributed by atoms with Gasteiger partial charge in [0, 0.05) is 12.1 Å². The highest BCUT2D eigenvalue weighted by Gasteiger charge is 2.65. The van der Waals surface area contributed by atoms with E-state index in [1.54, 1.807) is 0 Å². The fraction of sp³-hybridized carbons (Fsp3) is 0.706. The number of hydrogen-bond donors (Lipinski definition) is 2. The largest absolute Gasteiger partial charge is 0.439 e. The van der Waals surface area contributed by atoms with Crippen LogP contribution < -0.4 is 11.0 Å². The smallest absolute Gasteiger partial charge is 0.371 e. The Hall–Kier alpha value is -1.91. The number of amides is 1. The maximum atomic E-state index is 14.2. The summed E-state index contributed by atoms with van der Waals surface area (Å²) in [4.78, 5) is 28.2. The van der Waals surface area contributed by atoms with Crippen molar-refractivity contribution in [1.82, 2.24) is 9.55 Å². The molecule has 0 saturated carbocycles. The summed E-state index contributed by atoms with van der Waals surface area (Å²) in [5.74, 6) is -4.16. The number of aliphatic hydroxyl groups is 3. The van der Waals surface area contributed by atoms with Gasteiger partial charge in [-0.25, -0.2) is 9.36 Å². The van der Waals surface area contributed by atoms with E-state index in [4.69, 9.17) is 5.11 Å². The molecule has 5 N–H and O–H groups in total. The average molecular weight is 391 g/mol. The predicted octanol–water partition coefficient (Wildman–Crippen LogP) is 0.528. The molecule has 152 valence electrons. The van der Waals surface area contributed by atoms with Crippen molar-refractivity contribution in [3.63, 3.8) is 0 Å². The van der Waals surface area contributed by atoms with E-state index in [-0.39, 0.29) is 17.6 Å². The lowest BCUT2D eigenvalue weighted by atomic mass is 9.97. The summed E-state index contributed by atoms with van der Waals surface area (Å²) in [6.07, 6.45) is -1.18. The lowest BCUT2D eigenvalue weighted by molar-refractivity contribution is -0.213. The highest BCUT2D eigenvalue weighted by Crippen LogP contribution is 2.40. The van der Waals surface area contributed by atoms with Gasteiger partial charge < -0.3 is 20.3 Å². The van der Waals surface area contributed by atoms with Gasteiger partial charge in [-0.05, 0) is 18.9 Å². The third-order valence-corrected chi connectivity index (χ3v) is 4.63. The molecule has 2 rings (SSSR count). The lowest BCUT2D eigenvalue weighted by Crippen LogP contribution is -2.42. The zero-order chi connectivity index (χ0) is 20.2. The predicted molar refractivity (Wildman–Crippen MR) is 94.9 cm³/mol. The van der Waals surface area contributed by atoms with Crippen molar-refractivity contribution < 1.29 is 28.5 Å². The first kappa shape index (κ1) is 21.4. The van der Waals surface area contributed by atoms with E-state index < -0.39 is 36.7 Å². The summed E-state index contributed by atoms with van der Waals surface area (Å²) in [5, 5.41) is 19.4. The van der Waals surface area contributed by atoms with Crippen molar-refractivity contribution in [3.8, 4) is 0 Å². The van der Waals surface area contributed by atoms with Crippen LogP contribution in [0.2, 0.25) is 0 Å². The Kier molecular flexibility index (Phi) is 7.01. The average Bonchev–Trinajstić information content (AvgIpc) is 2.84. The van der Waals surface area contributed by atoms with E-state index in [0.29, 0.717) is 17.4 Å². The Morgan fingerprint density at radius 1 is 1.44 bits per heavy atom. The fourth-order valence-electron chi connectivity index (χ4n) is 3.19. The van der Waals surface area contributed by atoms with Crippen molar-refractivity contribution >= 4 is 11.7 Å². The normalized spacial score (nSPS) is 24.3. The molecule has 3 atom stereocenters. The number of carbonyl (C=O) groups excluding carboxylic acids is 1. The van der Waals surface area contributed by atoms with Gasteiger partial charge in [-0.1, -0.05) is 26.7 Å². The number of anilines is 1. The zero-order valence-corrected chi connectivity index (χ0v) is 15.4. The Bertz CT molecular complexity index is 706. The molecule has 0 spiro atoms. The van der Waals surface area contributed by atoms with Gasteiger partial charge in [0.2, 0.25) is 18.6 Å². The molecule has 1 aromatic rings. The second kappa shape index (κ2) is 8.85. The number of ether oxygens (including phenoxy) is 1. The molecule has 1 aliphatic rings. The highest BCUT2D eigenvalue weighted by molar-refractivity contribution is 5.91. The molecule has 27 heavy (non-hydrogen) atoms. The molecule has 8 nitrogen and oxygen atoms in total. The maximum absolute atomic E-state index is 14.2. The molecular weight excluding hydrogens is 364 g/mol. The third-order valence-electron chi connectivity index (χ3n) is 4.63. The first-order valence-electron chi connectivity index (χ1n) is 9.06. The Balaban J connectivity index is 2.18. The molecule has 10 heteroatoms. The molecule has 0 bridgehead atoms. The number of rotatable bonds is 8. The monoisotopic (exact) mass is 391 g/mol. The molecule has 1 aromatic heterocycles.